The summed E-state index contributed by atoms with van der Waals surface area (Å²) in [5.74, 6) is -0.383. The van der Waals surface area contributed by atoms with E-state index in [1.807, 2.05) is 0 Å². The van der Waals surface area contributed by atoms with Crippen molar-refractivity contribution in [1.29, 1.82) is 0 Å². The number of nitrogens with one attached hydrogen (secondary N) is 1. The van der Waals surface area contributed by atoms with Gasteiger partial charge in [0.25, 0.3) is 5.91 Å². The van der Waals surface area contributed by atoms with Gasteiger partial charge >= 0.3 is 5.69 Å². The lowest BCUT2D eigenvalue weighted by Gasteiger charge is -2.08. The number of hydrogen-bond acceptors (Lipinski definition) is 6. The maximum atomic E-state index is 13.3. The van der Waals surface area contributed by atoms with Crippen LogP contribution in [0.25, 0.3) is 0 Å². The summed E-state index contributed by atoms with van der Waals surface area (Å²) in [7, 11) is 0. The normalized spacial score (nSPS) is 13.3. The minimum Gasteiger partial charge on any atom is -0.490 e. The summed E-state index contributed by atoms with van der Waals surface area (Å²) in [6.07, 6.45) is 1.94. The van der Waals surface area contributed by atoms with E-state index in [1.54, 1.807) is 18.2 Å². The summed E-state index contributed by atoms with van der Waals surface area (Å²) in [6, 6.07) is 8.06. The van der Waals surface area contributed by atoms with Crippen LogP contribution in [0.4, 0.5) is 10.1 Å². The van der Waals surface area contributed by atoms with Gasteiger partial charge in [0.05, 0.1) is 24.4 Å². The fourth-order valence-corrected chi connectivity index (χ4v) is 2.28. The number of nitrogens with zero attached hydrogens (tertiary/aromatic N) is 2. The Hall–Kier alpha value is -3.49. The topological polar surface area (TPSA) is 103 Å². The van der Waals surface area contributed by atoms with E-state index < -0.39 is 22.3 Å². The van der Waals surface area contributed by atoms with Gasteiger partial charge in [-0.2, -0.15) is 9.49 Å². The molecular weight excluding hydrogens is 345 g/mol. The zero-order chi connectivity index (χ0) is 18.5. The van der Waals surface area contributed by atoms with Crippen LogP contribution < -0.4 is 14.9 Å². The zero-order valence-electron chi connectivity index (χ0n) is 13.5. The van der Waals surface area contributed by atoms with Crippen LogP contribution in [-0.2, 0) is 0 Å². The Bertz CT molecular complexity index is 885. The third-order valence-electron chi connectivity index (χ3n) is 3.56. The Labute approximate surface area is 147 Å². The van der Waals surface area contributed by atoms with Crippen molar-refractivity contribution in [2.45, 2.75) is 6.42 Å². The molecule has 0 bridgehead atoms. The van der Waals surface area contributed by atoms with Crippen LogP contribution in [0.15, 0.2) is 41.5 Å². The number of fused-ring (bicyclic) bond motifs is 1. The monoisotopic (exact) mass is 359 g/mol. The molecule has 1 heterocycles. The average Bonchev–Trinajstić information content (AvgIpc) is 2.87. The summed E-state index contributed by atoms with van der Waals surface area (Å²) < 4.78 is 24.3. The Morgan fingerprint density at radius 3 is 2.73 bits per heavy atom. The van der Waals surface area contributed by atoms with Crippen LogP contribution in [0.1, 0.15) is 22.3 Å². The van der Waals surface area contributed by atoms with Crippen molar-refractivity contribution >= 4 is 17.8 Å². The van der Waals surface area contributed by atoms with E-state index in [9.17, 15) is 19.3 Å². The van der Waals surface area contributed by atoms with Gasteiger partial charge < -0.3 is 9.47 Å². The fourth-order valence-electron chi connectivity index (χ4n) is 2.28. The molecule has 8 nitrogen and oxygen atoms in total. The van der Waals surface area contributed by atoms with Crippen molar-refractivity contribution in [3.63, 3.8) is 0 Å². The van der Waals surface area contributed by atoms with Gasteiger partial charge in [-0.3, -0.25) is 14.9 Å². The first-order chi connectivity index (χ1) is 12.5. The molecule has 1 aliphatic heterocycles. The molecule has 0 radical (unpaired) electrons. The number of nitro benzene ring substituents is 1. The lowest BCUT2D eigenvalue weighted by atomic mass is 10.2. The summed E-state index contributed by atoms with van der Waals surface area (Å²) in [6.45, 7) is 1.05. The van der Waals surface area contributed by atoms with Crippen molar-refractivity contribution in [2.75, 3.05) is 13.2 Å². The molecule has 26 heavy (non-hydrogen) atoms. The van der Waals surface area contributed by atoms with E-state index in [4.69, 9.17) is 9.47 Å². The van der Waals surface area contributed by atoms with E-state index in [2.05, 4.69) is 10.5 Å². The summed E-state index contributed by atoms with van der Waals surface area (Å²) >= 11 is 0. The number of carbonyl (C=O) groups is 1. The number of hydrogen-bond donors (Lipinski definition) is 1. The molecule has 0 aromatic heterocycles. The SMILES string of the molecule is O=C(N/N=C/c1ccc(F)c([N+](=O)[O-])c1)c1ccc2c(c1)OCCCO2. The van der Waals surface area contributed by atoms with Crippen molar-refractivity contribution in [3.8, 4) is 11.5 Å². The van der Waals surface area contributed by atoms with Crippen molar-refractivity contribution in [1.82, 2.24) is 5.43 Å². The van der Waals surface area contributed by atoms with E-state index in [0.29, 0.717) is 30.3 Å². The predicted molar refractivity (Wildman–Crippen MR) is 90.2 cm³/mol. The van der Waals surface area contributed by atoms with Gasteiger partial charge in [-0.25, -0.2) is 5.43 Å². The molecule has 0 atom stereocenters. The third-order valence-corrected chi connectivity index (χ3v) is 3.56. The number of rotatable bonds is 4. The van der Waals surface area contributed by atoms with Gasteiger partial charge in [-0.1, -0.05) is 0 Å². The fraction of sp³-hybridized carbons (Fsp3) is 0.176. The highest BCUT2D eigenvalue weighted by atomic mass is 19.1. The second-order valence-electron chi connectivity index (χ2n) is 5.38. The molecular formula is C17H14FN3O5. The van der Waals surface area contributed by atoms with Crippen LogP contribution in [-0.4, -0.2) is 30.3 Å². The van der Waals surface area contributed by atoms with E-state index in [0.717, 1.165) is 18.6 Å². The van der Waals surface area contributed by atoms with Gasteiger partial charge in [0, 0.05) is 23.6 Å². The molecule has 0 saturated heterocycles. The molecule has 0 spiro atoms. The molecule has 2 aromatic carbocycles. The quantitative estimate of drug-likeness (QED) is 0.513. The number of benzene rings is 2. The van der Waals surface area contributed by atoms with E-state index in [1.165, 1.54) is 12.3 Å². The number of halogens is 1. The van der Waals surface area contributed by atoms with Crippen molar-refractivity contribution in [3.05, 3.63) is 63.5 Å². The highest BCUT2D eigenvalue weighted by Crippen LogP contribution is 2.30. The van der Waals surface area contributed by atoms with Crippen LogP contribution in [0, 0.1) is 15.9 Å². The molecule has 0 saturated carbocycles. The Kier molecular flexibility index (Phi) is 5.07. The average molecular weight is 359 g/mol. The van der Waals surface area contributed by atoms with Gasteiger partial charge in [0.1, 0.15) is 0 Å². The summed E-state index contributed by atoms with van der Waals surface area (Å²) in [5, 5.41) is 14.4. The molecule has 1 aliphatic rings. The first-order valence-corrected chi connectivity index (χ1v) is 7.71. The standard InChI is InChI=1S/C17H14FN3O5/c18-13-4-2-11(8-14(13)21(23)24)10-19-20-17(22)12-3-5-15-16(9-12)26-7-1-6-25-15/h2-5,8-10H,1,6-7H2,(H,20,22)/b19-10+. The van der Waals surface area contributed by atoms with Gasteiger partial charge in [-0.15, -0.1) is 0 Å². The van der Waals surface area contributed by atoms with Crippen LogP contribution in [0.2, 0.25) is 0 Å². The van der Waals surface area contributed by atoms with Crippen LogP contribution >= 0.6 is 0 Å². The number of amides is 1. The number of ether oxygens (including phenoxy) is 2. The second-order valence-corrected chi connectivity index (χ2v) is 5.38. The molecule has 134 valence electrons. The van der Waals surface area contributed by atoms with Gasteiger partial charge in [-0.05, 0) is 30.3 Å². The molecule has 1 N–H and O–H groups in total. The Morgan fingerprint density at radius 2 is 1.96 bits per heavy atom. The lowest BCUT2D eigenvalue weighted by Crippen LogP contribution is -2.17. The molecule has 0 unspecified atom stereocenters. The second kappa shape index (κ2) is 7.60. The summed E-state index contributed by atoms with van der Waals surface area (Å²) in [4.78, 5) is 22.0. The van der Waals surface area contributed by atoms with Gasteiger partial charge in [0.15, 0.2) is 11.5 Å². The minimum absolute atomic E-state index is 0.275. The molecule has 0 fully saturated rings. The zero-order valence-corrected chi connectivity index (χ0v) is 13.5. The van der Waals surface area contributed by atoms with Crippen LogP contribution in [0.5, 0.6) is 11.5 Å². The predicted octanol–water partition coefficient (Wildman–Crippen LogP) is 2.66. The highest BCUT2D eigenvalue weighted by molar-refractivity contribution is 5.95. The molecule has 0 aliphatic carbocycles. The smallest absolute Gasteiger partial charge is 0.305 e. The molecule has 9 heteroatoms. The number of nitro groups is 1. The van der Waals surface area contributed by atoms with E-state index >= 15 is 0 Å². The largest absolute Gasteiger partial charge is 0.490 e. The molecule has 2 aromatic rings. The first kappa shape index (κ1) is 17.3. The van der Waals surface area contributed by atoms with E-state index in [-0.39, 0.29) is 5.56 Å². The minimum atomic E-state index is -0.941. The Balaban J connectivity index is 1.69. The van der Waals surface area contributed by atoms with Crippen LogP contribution in [0.3, 0.4) is 0 Å². The Morgan fingerprint density at radius 1 is 1.19 bits per heavy atom. The lowest BCUT2D eigenvalue weighted by molar-refractivity contribution is -0.387. The highest BCUT2D eigenvalue weighted by Gasteiger charge is 2.15. The van der Waals surface area contributed by atoms with Gasteiger partial charge in [0.2, 0.25) is 5.82 Å². The van der Waals surface area contributed by atoms with Crippen molar-refractivity contribution in [2.24, 2.45) is 5.10 Å². The number of hydrazone groups is 1. The van der Waals surface area contributed by atoms with Crippen molar-refractivity contribution < 1.29 is 23.6 Å². The summed E-state index contributed by atoms with van der Waals surface area (Å²) in [5.41, 5.74) is 2.23. The maximum Gasteiger partial charge on any atom is 0.305 e. The number of carbonyl (C=O) groups excluding carboxylic acids is 1. The molecule has 3 rings (SSSR count). The maximum absolute atomic E-state index is 13.3. The first-order valence-electron chi connectivity index (χ1n) is 7.71. The third kappa shape index (κ3) is 3.94. The molecule has 1 amide bonds.